The van der Waals surface area contributed by atoms with Crippen LogP contribution in [0, 0.1) is 11.6 Å². The van der Waals surface area contributed by atoms with Crippen molar-refractivity contribution in [1.29, 1.82) is 0 Å². The lowest BCUT2D eigenvalue weighted by Crippen LogP contribution is -2.14. The monoisotopic (exact) mass is 440 g/mol. The van der Waals surface area contributed by atoms with Crippen molar-refractivity contribution in [3.63, 3.8) is 0 Å². The van der Waals surface area contributed by atoms with E-state index < -0.39 is 17.1 Å². The number of nitrogens with zero attached hydrogens (tertiary/aromatic N) is 3. The molecule has 1 fully saturated rings. The number of ether oxygens (including phenoxy) is 2. The van der Waals surface area contributed by atoms with Gasteiger partial charge in [0.1, 0.15) is 11.3 Å². The molecule has 2 aromatic heterocycles. The van der Waals surface area contributed by atoms with Crippen molar-refractivity contribution < 1.29 is 22.7 Å². The van der Waals surface area contributed by atoms with E-state index in [0.717, 1.165) is 18.9 Å². The molecule has 2 aromatic carbocycles. The zero-order valence-corrected chi connectivity index (χ0v) is 17.2. The van der Waals surface area contributed by atoms with Crippen molar-refractivity contribution in [1.82, 2.24) is 14.8 Å². The quantitative estimate of drug-likeness (QED) is 0.474. The normalized spacial score (nSPS) is 13.4. The van der Waals surface area contributed by atoms with E-state index in [1.165, 1.54) is 13.3 Å². The van der Waals surface area contributed by atoms with Crippen LogP contribution in [0.1, 0.15) is 18.9 Å². The highest BCUT2D eigenvalue weighted by molar-refractivity contribution is 5.88. The fraction of sp³-hybridized carbons (Fsp3) is 0.227. The zero-order valence-electron chi connectivity index (χ0n) is 17.2. The smallest absolute Gasteiger partial charge is 0.320 e. The summed E-state index contributed by atoms with van der Waals surface area (Å²) in [5.74, 6) is -1.95. The second kappa shape index (κ2) is 7.63. The van der Waals surface area contributed by atoms with Crippen LogP contribution in [0.15, 0.2) is 45.7 Å². The van der Waals surface area contributed by atoms with Crippen LogP contribution in [0.3, 0.4) is 0 Å². The number of aromatic nitrogens is 3. The van der Waals surface area contributed by atoms with Gasteiger partial charge >= 0.3 is 6.01 Å². The van der Waals surface area contributed by atoms with Gasteiger partial charge < -0.3 is 23.8 Å². The van der Waals surface area contributed by atoms with Crippen LogP contribution in [0.2, 0.25) is 0 Å². The average molecular weight is 440 g/mol. The van der Waals surface area contributed by atoms with Crippen LogP contribution in [0.5, 0.6) is 11.5 Å². The minimum atomic E-state index is -1.17. The predicted octanol–water partition coefficient (Wildman–Crippen LogP) is 4.43. The number of methoxy groups -OCH3 is 2. The first kappa shape index (κ1) is 20.0. The molecule has 0 bridgehead atoms. The first-order chi connectivity index (χ1) is 15.5. The van der Waals surface area contributed by atoms with Gasteiger partial charge in [-0.05, 0) is 43.2 Å². The van der Waals surface area contributed by atoms with Gasteiger partial charge in [-0.15, -0.1) is 5.10 Å². The maximum Gasteiger partial charge on any atom is 0.320 e. The van der Waals surface area contributed by atoms with Gasteiger partial charge in [-0.25, -0.2) is 4.39 Å². The topological polar surface area (TPSA) is 91.4 Å². The lowest BCUT2D eigenvalue weighted by molar-refractivity contribution is 0.374. The molecule has 0 amide bonds. The fourth-order valence-electron chi connectivity index (χ4n) is 3.59. The molecule has 2 heterocycles. The van der Waals surface area contributed by atoms with Gasteiger partial charge in [-0.2, -0.15) is 4.39 Å². The van der Waals surface area contributed by atoms with E-state index in [0.29, 0.717) is 11.4 Å². The first-order valence-corrected chi connectivity index (χ1v) is 9.86. The van der Waals surface area contributed by atoms with E-state index in [4.69, 9.17) is 13.9 Å². The van der Waals surface area contributed by atoms with Crippen LogP contribution in [-0.2, 0) is 0 Å². The molecule has 1 saturated carbocycles. The Morgan fingerprint density at radius 1 is 1.12 bits per heavy atom. The van der Waals surface area contributed by atoms with Crippen molar-refractivity contribution in [2.45, 2.75) is 18.9 Å². The molecule has 10 heteroatoms. The molecule has 0 aliphatic heterocycles. The summed E-state index contributed by atoms with van der Waals surface area (Å²) < 4.78 is 46.1. The van der Waals surface area contributed by atoms with Crippen molar-refractivity contribution in [3.8, 4) is 23.0 Å². The largest absolute Gasteiger partial charge is 0.497 e. The van der Waals surface area contributed by atoms with Crippen molar-refractivity contribution in [2.24, 2.45) is 0 Å². The van der Waals surface area contributed by atoms with Crippen LogP contribution >= 0.6 is 0 Å². The number of fused-ring (bicyclic) bond motifs is 1. The Balaban J connectivity index is 1.60. The van der Waals surface area contributed by atoms with E-state index in [2.05, 4.69) is 15.5 Å². The summed E-state index contributed by atoms with van der Waals surface area (Å²) >= 11 is 0. The number of hydrogen-bond donors (Lipinski definition) is 1. The number of halogens is 2. The highest BCUT2D eigenvalue weighted by Gasteiger charge is 2.30. The van der Waals surface area contributed by atoms with E-state index in [-0.39, 0.29) is 40.2 Å². The van der Waals surface area contributed by atoms with Crippen LogP contribution in [0.4, 0.5) is 20.5 Å². The Morgan fingerprint density at radius 2 is 1.88 bits per heavy atom. The van der Waals surface area contributed by atoms with E-state index in [1.807, 2.05) is 0 Å². The Morgan fingerprint density at radius 3 is 2.53 bits per heavy atom. The van der Waals surface area contributed by atoms with Gasteiger partial charge in [0, 0.05) is 17.9 Å². The van der Waals surface area contributed by atoms with Gasteiger partial charge in [-0.1, -0.05) is 5.10 Å². The summed E-state index contributed by atoms with van der Waals surface area (Å²) in [5.41, 5.74) is 0.414. The van der Waals surface area contributed by atoms with Gasteiger partial charge in [0.25, 0.3) is 5.89 Å². The molecular formula is C22H18F2N4O4. The molecule has 1 aliphatic rings. The summed E-state index contributed by atoms with van der Waals surface area (Å²) in [6.45, 7) is 0. The minimum Gasteiger partial charge on any atom is -0.497 e. The van der Waals surface area contributed by atoms with Crippen LogP contribution in [0.25, 0.3) is 22.4 Å². The Labute approximate surface area is 180 Å². The second-order valence-electron chi connectivity index (χ2n) is 7.38. The van der Waals surface area contributed by atoms with Crippen LogP contribution < -0.4 is 20.2 Å². The number of benzene rings is 2. The van der Waals surface area contributed by atoms with Gasteiger partial charge in [0.05, 0.1) is 25.1 Å². The summed E-state index contributed by atoms with van der Waals surface area (Å²) in [7, 11) is 2.81. The van der Waals surface area contributed by atoms with Crippen molar-refractivity contribution >= 4 is 22.6 Å². The maximum atomic E-state index is 14.3. The number of pyridine rings is 1. The molecule has 164 valence electrons. The van der Waals surface area contributed by atoms with E-state index in [1.54, 1.807) is 35.9 Å². The molecule has 0 unspecified atom stereocenters. The molecule has 1 N–H and O–H groups in total. The lowest BCUT2D eigenvalue weighted by atomic mass is 10.1. The third kappa shape index (κ3) is 3.33. The summed E-state index contributed by atoms with van der Waals surface area (Å²) in [5, 5.41) is 10.8. The maximum absolute atomic E-state index is 14.3. The standard InChI is InChI=1S/C22H18F2N4O4/c1-30-13-7-3-11(4-8-13)25-22-27-26-21(32-22)15-10-28(12-5-6-12)18-14(19(15)29)9-16(23)17(24)20(18)31-2/h3-4,7-10,12H,5-6H2,1-2H3,(H,25,27). The molecule has 1 aliphatic carbocycles. The minimum absolute atomic E-state index is 0.0204. The molecule has 5 rings (SSSR count). The third-order valence-electron chi connectivity index (χ3n) is 5.31. The Bertz CT molecular complexity index is 1380. The average Bonchev–Trinajstić information content (AvgIpc) is 3.55. The molecule has 8 nitrogen and oxygen atoms in total. The molecule has 0 atom stereocenters. The predicted molar refractivity (Wildman–Crippen MR) is 113 cm³/mol. The van der Waals surface area contributed by atoms with Gasteiger partial charge in [-0.3, -0.25) is 4.79 Å². The SMILES string of the molecule is COc1ccc(Nc2nnc(-c3cn(C4CC4)c4c(OC)c(F)c(F)cc4c3=O)o2)cc1. The summed E-state index contributed by atoms with van der Waals surface area (Å²) in [6, 6.07) is 8.05. The lowest BCUT2D eigenvalue weighted by Gasteiger charge is -2.15. The first-order valence-electron chi connectivity index (χ1n) is 9.86. The van der Waals surface area contributed by atoms with Crippen molar-refractivity contribution in [3.05, 3.63) is 58.4 Å². The summed E-state index contributed by atoms with van der Waals surface area (Å²) in [6.07, 6.45) is 3.22. The highest BCUT2D eigenvalue weighted by atomic mass is 19.2. The van der Waals surface area contributed by atoms with Gasteiger partial charge in [0.15, 0.2) is 11.6 Å². The molecule has 0 saturated heterocycles. The molecule has 0 radical (unpaired) electrons. The summed E-state index contributed by atoms with van der Waals surface area (Å²) in [4.78, 5) is 13.2. The Kier molecular flexibility index (Phi) is 4.76. The molecular weight excluding hydrogens is 422 g/mol. The number of hydrogen-bond acceptors (Lipinski definition) is 7. The van der Waals surface area contributed by atoms with E-state index in [9.17, 15) is 13.6 Å². The number of anilines is 2. The fourth-order valence-corrected chi connectivity index (χ4v) is 3.59. The Hall–Kier alpha value is -3.95. The second-order valence-corrected chi connectivity index (χ2v) is 7.38. The number of nitrogens with one attached hydrogen (secondary N) is 1. The number of rotatable bonds is 6. The molecule has 0 spiro atoms. The van der Waals surface area contributed by atoms with Crippen molar-refractivity contribution in [2.75, 3.05) is 19.5 Å². The molecule has 4 aromatic rings. The zero-order chi connectivity index (χ0) is 22.4. The van der Waals surface area contributed by atoms with Gasteiger partial charge in [0.2, 0.25) is 11.2 Å². The third-order valence-corrected chi connectivity index (χ3v) is 5.31. The highest BCUT2D eigenvalue weighted by Crippen LogP contribution is 2.41. The van der Waals surface area contributed by atoms with E-state index >= 15 is 0 Å². The van der Waals surface area contributed by atoms with Crippen LogP contribution in [-0.4, -0.2) is 29.0 Å². The molecule has 32 heavy (non-hydrogen) atoms.